The van der Waals surface area contributed by atoms with Crippen molar-refractivity contribution in [1.29, 1.82) is 0 Å². The molecule has 1 amide bonds. The van der Waals surface area contributed by atoms with Gasteiger partial charge in [0, 0.05) is 24.7 Å². The van der Waals surface area contributed by atoms with E-state index in [0.717, 1.165) is 24.1 Å². The van der Waals surface area contributed by atoms with Gasteiger partial charge in [-0.05, 0) is 42.4 Å². The van der Waals surface area contributed by atoms with Crippen molar-refractivity contribution in [2.45, 2.75) is 19.3 Å². The lowest BCUT2D eigenvalue weighted by atomic mass is 9.98. The normalized spacial score (nSPS) is 15.8. The van der Waals surface area contributed by atoms with E-state index in [2.05, 4.69) is 0 Å². The number of carbonyl (C=O) groups excluding carboxylic acids is 1. The maximum absolute atomic E-state index is 12.3. The molecule has 108 valence electrons. The predicted molar refractivity (Wildman–Crippen MR) is 90.4 cm³/mol. The third kappa shape index (κ3) is 3.96. The molecule has 2 rings (SSSR count). The van der Waals surface area contributed by atoms with Gasteiger partial charge in [-0.3, -0.25) is 4.79 Å². The minimum absolute atomic E-state index is 0.169. The van der Waals surface area contributed by atoms with E-state index >= 15 is 0 Å². The minimum Gasteiger partial charge on any atom is -0.389 e. The van der Waals surface area contributed by atoms with Crippen LogP contribution >= 0.6 is 24.0 Å². The first kappa shape index (κ1) is 15.3. The number of thiocarbonyl (C=S) groups is 1. The van der Waals surface area contributed by atoms with Gasteiger partial charge in [0.15, 0.2) is 0 Å². The van der Waals surface area contributed by atoms with Crippen molar-refractivity contribution >= 4 is 40.6 Å². The van der Waals surface area contributed by atoms with Crippen LogP contribution in [0.25, 0.3) is 0 Å². The number of carbonyl (C=O) groups is 1. The predicted octanol–water partition coefficient (Wildman–Crippen LogP) is 2.82. The quantitative estimate of drug-likeness (QED) is 0.869. The van der Waals surface area contributed by atoms with Crippen LogP contribution in [0.2, 0.25) is 0 Å². The van der Waals surface area contributed by atoms with Gasteiger partial charge in [-0.2, -0.15) is 11.8 Å². The number of rotatable bonds is 4. The first-order valence-corrected chi connectivity index (χ1v) is 8.38. The molecule has 3 nitrogen and oxygen atoms in total. The van der Waals surface area contributed by atoms with Crippen LogP contribution in [-0.2, 0) is 4.79 Å². The number of thioether (sulfide) groups is 1. The molecule has 0 unspecified atom stereocenters. The molecule has 1 aliphatic heterocycles. The van der Waals surface area contributed by atoms with Crippen molar-refractivity contribution < 1.29 is 4.79 Å². The molecule has 20 heavy (non-hydrogen) atoms. The lowest BCUT2D eigenvalue weighted by Gasteiger charge is -2.24. The monoisotopic (exact) mass is 308 g/mol. The van der Waals surface area contributed by atoms with Gasteiger partial charge in [0.1, 0.15) is 4.99 Å². The van der Waals surface area contributed by atoms with E-state index in [1.165, 1.54) is 11.5 Å². The Labute approximate surface area is 129 Å². The van der Waals surface area contributed by atoms with Crippen molar-refractivity contribution in [3.8, 4) is 0 Å². The Morgan fingerprint density at radius 1 is 1.45 bits per heavy atom. The van der Waals surface area contributed by atoms with E-state index in [9.17, 15) is 4.79 Å². The number of anilines is 1. The molecule has 1 aromatic carbocycles. The molecule has 1 aromatic rings. The number of hydrogen-bond donors (Lipinski definition) is 1. The zero-order chi connectivity index (χ0) is 14.5. The van der Waals surface area contributed by atoms with Gasteiger partial charge in [0.05, 0.1) is 0 Å². The van der Waals surface area contributed by atoms with Crippen LogP contribution in [0, 0.1) is 5.92 Å². The summed E-state index contributed by atoms with van der Waals surface area (Å²) in [5.74, 6) is 3.06. The van der Waals surface area contributed by atoms with Crippen molar-refractivity contribution in [3.63, 3.8) is 0 Å². The summed E-state index contributed by atoms with van der Waals surface area (Å²) in [5, 5.41) is 0. The number of hydrogen-bond acceptors (Lipinski definition) is 3. The third-order valence-corrected chi connectivity index (χ3v) is 4.98. The number of amides is 1. The molecule has 0 radical (unpaired) electrons. The molecule has 1 aliphatic rings. The molecule has 1 fully saturated rings. The zero-order valence-corrected chi connectivity index (χ0v) is 13.3. The Kier molecular flexibility index (Phi) is 5.43. The van der Waals surface area contributed by atoms with Crippen molar-refractivity contribution in [1.82, 2.24) is 0 Å². The summed E-state index contributed by atoms with van der Waals surface area (Å²) in [6.45, 7) is 0. The highest BCUT2D eigenvalue weighted by Gasteiger charge is 2.20. The van der Waals surface area contributed by atoms with Crippen LogP contribution in [0.15, 0.2) is 24.3 Å². The fourth-order valence-electron chi connectivity index (χ4n) is 2.35. The van der Waals surface area contributed by atoms with Crippen LogP contribution in [-0.4, -0.2) is 29.4 Å². The van der Waals surface area contributed by atoms with Gasteiger partial charge in [0.25, 0.3) is 0 Å². The first-order valence-electron chi connectivity index (χ1n) is 6.82. The highest BCUT2D eigenvalue weighted by atomic mass is 32.2. The highest BCUT2D eigenvalue weighted by molar-refractivity contribution is 7.99. The Balaban J connectivity index is 2.02. The topological polar surface area (TPSA) is 46.3 Å². The number of benzene rings is 1. The van der Waals surface area contributed by atoms with E-state index < -0.39 is 0 Å². The summed E-state index contributed by atoms with van der Waals surface area (Å²) < 4.78 is 0. The number of nitrogens with zero attached hydrogens (tertiary/aromatic N) is 1. The Bertz CT molecular complexity index is 498. The highest BCUT2D eigenvalue weighted by Crippen LogP contribution is 2.26. The average Bonchev–Trinajstić information content (AvgIpc) is 2.47. The summed E-state index contributed by atoms with van der Waals surface area (Å²) in [6.07, 6.45) is 2.93. The maximum atomic E-state index is 12.3. The van der Waals surface area contributed by atoms with E-state index in [4.69, 9.17) is 18.0 Å². The second-order valence-corrected chi connectivity index (χ2v) is 6.79. The second kappa shape index (κ2) is 7.09. The Morgan fingerprint density at radius 3 is 2.80 bits per heavy atom. The Morgan fingerprint density at radius 2 is 2.15 bits per heavy atom. The van der Waals surface area contributed by atoms with Crippen LogP contribution in [0.3, 0.4) is 0 Å². The molecule has 5 heteroatoms. The smallest absolute Gasteiger partial charge is 0.226 e. The standard InChI is InChI=1S/C15H20N2OS2/c1-17(13-4-2-3-12(10-13)15(16)19)14(18)9-11-5-7-20-8-6-11/h2-4,10-11H,5-9H2,1H3,(H2,16,19). The molecule has 0 aromatic heterocycles. The molecule has 0 aliphatic carbocycles. The summed E-state index contributed by atoms with van der Waals surface area (Å²) in [7, 11) is 1.82. The SMILES string of the molecule is CN(C(=O)CC1CCSCC1)c1cccc(C(N)=S)c1. The molecule has 1 saturated heterocycles. The van der Waals surface area contributed by atoms with Crippen molar-refractivity contribution in [3.05, 3.63) is 29.8 Å². The van der Waals surface area contributed by atoms with Gasteiger partial charge in [-0.25, -0.2) is 0 Å². The fraction of sp³-hybridized carbons (Fsp3) is 0.467. The van der Waals surface area contributed by atoms with E-state index in [-0.39, 0.29) is 5.91 Å². The average molecular weight is 308 g/mol. The first-order chi connectivity index (χ1) is 9.58. The summed E-state index contributed by atoms with van der Waals surface area (Å²) in [4.78, 5) is 14.4. The molecule has 0 atom stereocenters. The molecule has 2 N–H and O–H groups in total. The van der Waals surface area contributed by atoms with E-state index in [0.29, 0.717) is 17.3 Å². The van der Waals surface area contributed by atoms with Gasteiger partial charge in [-0.15, -0.1) is 0 Å². The van der Waals surface area contributed by atoms with Gasteiger partial charge >= 0.3 is 0 Å². The number of nitrogens with two attached hydrogens (primary N) is 1. The van der Waals surface area contributed by atoms with Crippen molar-refractivity contribution in [2.24, 2.45) is 11.7 Å². The summed E-state index contributed by atoms with van der Waals surface area (Å²) >= 11 is 6.96. The molecule has 0 spiro atoms. The molecule has 0 saturated carbocycles. The largest absolute Gasteiger partial charge is 0.389 e. The molecule has 0 bridgehead atoms. The van der Waals surface area contributed by atoms with Crippen LogP contribution in [0.4, 0.5) is 5.69 Å². The van der Waals surface area contributed by atoms with E-state index in [1.54, 1.807) is 4.90 Å². The lowest BCUT2D eigenvalue weighted by Crippen LogP contribution is -2.29. The fourth-order valence-corrected chi connectivity index (χ4v) is 3.68. The third-order valence-electron chi connectivity index (χ3n) is 3.70. The van der Waals surface area contributed by atoms with Crippen LogP contribution in [0.1, 0.15) is 24.8 Å². The lowest BCUT2D eigenvalue weighted by molar-refractivity contribution is -0.119. The van der Waals surface area contributed by atoms with E-state index in [1.807, 2.05) is 43.1 Å². The summed E-state index contributed by atoms with van der Waals surface area (Å²) in [6, 6.07) is 7.53. The second-order valence-electron chi connectivity index (χ2n) is 5.13. The zero-order valence-electron chi connectivity index (χ0n) is 11.7. The van der Waals surface area contributed by atoms with Crippen LogP contribution < -0.4 is 10.6 Å². The molecular weight excluding hydrogens is 288 g/mol. The van der Waals surface area contributed by atoms with Gasteiger partial charge < -0.3 is 10.6 Å². The van der Waals surface area contributed by atoms with Gasteiger partial charge in [-0.1, -0.05) is 24.4 Å². The van der Waals surface area contributed by atoms with Gasteiger partial charge in [0.2, 0.25) is 5.91 Å². The maximum Gasteiger partial charge on any atom is 0.226 e. The molecular formula is C15H20N2OS2. The Hall–Kier alpha value is -1.07. The molecule has 1 heterocycles. The van der Waals surface area contributed by atoms with Crippen LogP contribution in [0.5, 0.6) is 0 Å². The van der Waals surface area contributed by atoms with Crippen molar-refractivity contribution in [2.75, 3.05) is 23.5 Å². The minimum atomic E-state index is 0.169. The summed E-state index contributed by atoms with van der Waals surface area (Å²) in [5.41, 5.74) is 7.28.